The molecule has 1 aromatic rings. The molecule has 2 unspecified atom stereocenters. The van der Waals surface area contributed by atoms with E-state index in [1.807, 2.05) is 0 Å². The SMILES string of the molecule is CNC(CC1CCNC1)c1ccc(CC(C)C)cc1. The van der Waals surface area contributed by atoms with E-state index in [9.17, 15) is 0 Å². The smallest absolute Gasteiger partial charge is 0.0320 e. The summed E-state index contributed by atoms with van der Waals surface area (Å²) in [5.74, 6) is 1.56. The number of hydrogen-bond donors (Lipinski definition) is 2. The Kier molecular flexibility index (Phi) is 5.41. The zero-order valence-electron chi connectivity index (χ0n) is 12.6. The maximum absolute atomic E-state index is 3.48. The van der Waals surface area contributed by atoms with Gasteiger partial charge in [-0.3, -0.25) is 0 Å². The van der Waals surface area contributed by atoms with Crippen LogP contribution in [0.4, 0.5) is 0 Å². The molecule has 106 valence electrons. The maximum atomic E-state index is 3.48. The van der Waals surface area contributed by atoms with Crippen molar-refractivity contribution >= 4 is 0 Å². The molecular weight excluding hydrogens is 232 g/mol. The lowest BCUT2D eigenvalue weighted by atomic mass is 9.93. The van der Waals surface area contributed by atoms with Crippen LogP contribution in [-0.4, -0.2) is 20.1 Å². The lowest BCUT2D eigenvalue weighted by Crippen LogP contribution is -2.21. The van der Waals surface area contributed by atoms with Crippen molar-refractivity contribution in [3.63, 3.8) is 0 Å². The van der Waals surface area contributed by atoms with Crippen molar-refractivity contribution in [3.8, 4) is 0 Å². The van der Waals surface area contributed by atoms with Crippen molar-refractivity contribution in [3.05, 3.63) is 35.4 Å². The van der Waals surface area contributed by atoms with Crippen LogP contribution in [0.5, 0.6) is 0 Å². The van der Waals surface area contributed by atoms with Gasteiger partial charge in [-0.05, 0) is 62.4 Å². The molecule has 0 radical (unpaired) electrons. The zero-order chi connectivity index (χ0) is 13.7. The molecule has 2 nitrogen and oxygen atoms in total. The Labute approximate surface area is 118 Å². The molecule has 1 fully saturated rings. The third-order valence-corrected chi connectivity index (χ3v) is 4.11. The highest BCUT2D eigenvalue weighted by atomic mass is 14.9. The second-order valence-corrected chi connectivity index (χ2v) is 6.28. The van der Waals surface area contributed by atoms with Gasteiger partial charge in [0, 0.05) is 6.04 Å². The molecule has 1 aliphatic rings. The molecule has 19 heavy (non-hydrogen) atoms. The highest BCUT2D eigenvalue weighted by Gasteiger charge is 2.19. The number of benzene rings is 1. The predicted molar refractivity (Wildman–Crippen MR) is 82.4 cm³/mol. The molecule has 1 aromatic carbocycles. The predicted octanol–water partition coefficient (Wildman–Crippen LogP) is 3.15. The molecule has 2 N–H and O–H groups in total. The monoisotopic (exact) mass is 260 g/mol. The van der Waals surface area contributed by atoms with Crippen molar-refractivity contribution < 1.29 is 0 Å². The van der Waals surface area contributed by atoms with Gasteiger partial charge in [0.1, 0.15) is 0 Å². The summed E-state index contributed by atoms with van der Waals surface area (Å²) < 4.78 is 0. The fourth-order valence-corrected chi connectivity index (χ4v) is 3.03. The van der Waals surface area contributed by atoms with E-state index in [-0.39, 0.29) is 0 Å². The molecule has 1 aliphatic heterocycles. The molecule has 0 amide bonds. The van der Waals surface area contributed by atoms with E-state index in [2.05, 4.69) is 55.8 Å². The zero-order valence-corrected chi connectivity index (χ0v) is 12.6. The molecule has 2 heteroatoms. The van der Waals surface area contributed by atoms with Gasteiger partial charge in [0.2, 0.25) is 0 Å². The van der Waals surface area contributed by atoms with Gasteiger partial charge in [0.05, 0.1) is 0 Å². The summed E-state index contributed by atoms with van der Waals surface area (Å²) in [5.41, 5.74) is 2.89. The Morgan fingerprint density at radius 3 is 2.53 bits per heavy atom. The van der Waals surface area contributed by atoms with Crippen LogP contribution < -0.4 is 10.6 Å². The van der Waals surface area contributed by atoms with E-state index >= 15 is 0 Å². The minimum atomic E-state index is 0.498. The average molecular weight is 260 g/mol. The Morgan fingerprint density at radius 2 is 2.00 bits per heavy atom. The summed E-state index contributed by atoms with van der Waals surface area (Å²) in [6.07, 6.45) is 3.74. The first-order valence-corrected chi connectivity index (χ1v) is 7.66. The summed E-state index contributed by atoms with van der Waals surface area (Å²) in [5, 5.41) is 6.93. The Morgan fingerprint density at radius 1 is 1.26 bits per heavy atom. The quantitative estimate of drug-likeness (QED) is 0.821. The number of hydrogen-bond acceptors (Lipinski definition) is 2. The van der Waals surface area contributed by atoms with Crippen LogP contribution in [0.1, 0.15) is 43.9 Å². The largest absolute Gasteiger partial charge is 0.316 e. The van der Waals surface area contributed by atoms with Crippen LogP contribution in [0, 0.1) is 11.8 Å². The molecular formula is C17H28N2. The molecule has 1 heterocycles. The summed E-state index contributed by atoms with van der Waals surface area (Å²) in [6, 6.07) is 9.71. The van der Waals surface area contributed by atoms with Crippen molar-refractivity contribution in [1.29, 1.82) is 0 Å². The molecule has 0 aromatic heterocycles. The molecule has 2 rings (SSSR count). The Hall–Kier alpha value is -0.860. The lowest BCUT2D eigenvalue weighted by molar-refractivity contribution is 0.430. The topological polar surface area (TPSA) is 24.1 Å². The van der Waals surface area contributed by atoms with Crippen molar-refractivity contribution in [2.45, 2.75) is 39.2 Å². The molecule has 0 spiro atoms. The number of rotatable bonds is 6. The van der Waals surface area contributed by atoms with Gasteiger partial charge in [-0.1, -0.05) is 38.1 Å². The van der Waals surface area contributed by atoms with Crippen LogP contribution >= 0.6 is 0 Å². The van der Waals surface area contributed by atoms with E-state index in [4.69, 9.17) is 0 Å². The standard InChI is InChI=1S/C17H28N2/c1-13(2)10-14-4-6-16(7-5-14)17(18-3)11-15-8-9-19-12-15/h4-7,13,15,17-19H,8-12H2,1-3H3. The van der Waals surface area contributed by atoms with Crippen molar-refractivity contribution in [2.75, 3.05) is 20.1 Å². The van der Waals surface area contributed by atoms with Crippen LogP contribution in [0.3, 0.4) is 0 Å². The second-order valence-electron chi connectivity index (χ2n) is 6.28. The summed E-state index contributed by atoms with van der Waals surface area (Å²) in [7, 11) is 2.08. The van der Waals surface area contributed by atoms with Crippen LogP contribution in [0.25, 0.3) is 0 Å². The first kappa shape index (κ1) is 14.5. The molecule has 0 aliphatic carbocycles. The van der Waals surface area contributed by atoms with Gasteiger partial charge in [-0.25, -0.2) is 0 Å². The van der Waals surface area contributed by atoms with Gasteiger partial charge < -0.3 is 10.6 Å². The van der Waals surface area contributed by atoms with Gasteiger partial charge in [0.15, 0.2) is 0 Å². The fraction of sp³-hybridized carbons (Fsp3) is 0.647. The lowest BCUT2D eigenvalue weighted by Gasteiger charge is -2.20. The van der Waals surface area contributed by atoms with E-state index in [1.165, 1.54) is 43.5 Å². The highest BCUT2D eigenvalue weighted by molar-refractivity contribution is 5.25. The number of nitrogens with one attached hydrogen (secondary N) is 2. The van der Waals surface area contributed by atoms with Crippen LogP contribution in [-0.2, 0) is 6.42 Å². The Bertz CT molecular complexity index is 363. The van der Waals surface area contributed by atoms with Crippen LogP contribution in [0.2, 0.25) is 0 Å². The molecule has 1 saturated heterocycles. The molecule has 2 atom stereocenters. The third kappa shape index (κ3) is 4.32. The second kappa shape index (κ2) is 7.06. The summed E-state index contributed by atoms with van der Waals surface area (Å²) in [6.45, 7) is 6.92. The minimum absolute atomic E-state index is 0.498. The Balaban J connectivity index is 1.97. The van der Waals surface area contributed by atoms with E-state index in [0.717, 1.165) is 11.8 Å². The first-order valence-electron chi connectivity index (χ1n) is 7.66. The van der Waals surface area contributed by atoms with Gasteiger partial charge in [-0.2, -0.15) is 0 Å². The van der Waals surface area contributed by atoms with Gasteiger partial charge in [-0.15, -0.1) is 0 Å². The summed E-state index contributed by atoms with van der Waals surface area (Å²) >= 11 is 0. The molecule has 0 saturated carbocycles. The molecule has 0 bridgehead atoms. The fourth-order valence-electron chi connectivity index (χ4n) is 3.03. The van der Waals surface area contributed by atoms with Gasteiger partial charge >= 0.3 is 0 Å². The summed E-state index contributed by atoms with van der Waals surface area (Å²) in [4.78, 5) is 0. The highest BCUT2D eigenvalue weighted by Crippen LogP contribution is 2.25. The van der Waals surface area contributed by atoms with E-state index in [1.54, 1.807) is 0 Å². The van der Waals surface area contributed by atoms with Crippen molar-refractivity contribution in [1.82, 2.24) is 10.6 Å². The van der Waals surface area contributed by atoms with E-state index in [0.29, 0.717) is 6.04 Å². The van der Waals surface area contributed by atoms with Gasteiger partial charge in [0.25, 0.3) is 0 Å². The minimum Gasteiger partial charge on any atom is -0.316 e. The normalized spacial score (nSPS) is 20.9. The van der Waals surface area contributed by atoms with Crippen molar-refractivity contribution in [2.24, 2.45) is 11.8 Å². The van der Waals surface area contributed by atoms with E-state index < -0.39 is 0 Å². The third-order valence-electron chi connectivity index (χ3n) is 4.11. The first-order chi connectivity index (χ1) is 9.19. The van der Waals surface area contributed by atoms with Crippen LogP contribution in [0.15, 0.2) is 24.3 Å². The maximum Gasteiger partial charge on any atom is 0.0320 e. The average Bonchev–Trinajstić information content (AvgIpc) is 2.89.